The van der Waals surface area contributed by atoms with E-state index in [-0.39, 0.29) is 35.1 Å². The summed E-state index contributed by atoms with van der Waals surface area (Å²) in [4.78, 5) is 10.9. The van der Waals surface area contributed by atoms with Crippen LogP contribution in [0.15, 0.2) is 30.3 Å². The van der Waals surface area contributed by atoms with Crippen molar-refractivity contribution in [3.63, 3.8) is 0 Å². The molecule has 0 aliphatic carbocycles. The molecule has 0 aliphatic rings. The van der Waals surface area contributed by atoms with Gasteiger partial charge in [-0.25, -0.2) is 4.79 Å². The molecule has 0 fully saturated rings. The van der Waals surface area contributed by atoms with Crippen LogP contribution in [0, 0.1) is 0 Å². The van der Waals surface area contributed by atoms with Crippen molar-refractivity contribution in [2.45, 2.75) is 0 Å². The van der Waals surface area contributed by atoms with Gasteiger partial charge in [-0.3, -0.25) is 4.55 Å². The first-order valence-electron chi connectivity index (χ1n) is 3.25. The normalized spacial score (nSPS) is 10.1. The minimum atomic E-state index is -4.72. The van der Waals surface area contributed by atoms with Crippen molar-refractivity contribution in [1.82, 2.24) is 0 Å². The molecule has 5 nitrogen and oxygen atoms in total. The average Bonchev–Trinajstić information content (AvgIpc) is 2.03. The van der Waals surface area contributed by atoms with Gasteiger partial charge in [0.2, 0.25) is 0 Å². The van der Waals surface area contributed by atoms with E-state index in [1.165, 1.54) is 12.1 Å². The van der Waals surface area contributed by atoms with Crippen molar-refractivity contribution in [3.8, 4) is 0 Å². The second kappa shape index (κ2) is 5.47. The molecule has 1 rings (SSSR count). The Morgan fingerprint density at radius 1 is 1.21 bits per heavy atom. The van der Waals surface area contributed by atoms with Crippen LogP contribution in [0.25, 0.3) is 0 Å². The quantitative estimate of drug-likeness (QED) is 0.567. The average molecular weight is 226 g/mol. The Morgan fingerprint density at radius 2 is 1.71 bits per heavy atom. The number of carbonyl (C=O) groups is 1. The van der Waals surface area contributed by atoms with Crippen molar-refractivity contribution < 1.29 is 21.9 Å². The number of hydrogen-bond donors (Lipinski definition) is 1. The molecule has 0 heterocycles. The van der Waals surface area contributed by atoms with Gasteiger partial charge in [0.05, 0.1) is 5.56 Å². The van der Waals surface area contributed by atoms with Gasteiger partial charge in [-0.2, -0.15) is 8.42 Å². The van der Waals surface area contributed by atoms with E-state index in [0.29, 0.717) is 0 Å². The maximum atomic E-state index is 10.9. The molecule has 0 radical (unpaired) electrons. The number of rotatable bonds is 2. The summed E-state index contributed by atoms with van der Waals surface area (Å²) in [6.07, 6.45) is 0. The summed E-state index contributed by atoms with van der Waals surface area (Å²) in [5.74, 6) is -1.11. The maximum absolute atomic E-state index is 10.9. The summed E-state index contributed by atoms with van der Waals surface area (Å²) in [6, 6.07) is 7.48. The predicted octanol–water partition coefficient (Wildman–Crippen LogP) is -0.00230. The van der Waals surface area contributed by atoms with E-state index in [9.17, 15) is 13.2 Å². The molecule has 1 N–H and O–H groups in total. The van der Waals surface area contributed by atoms with Gasteiger partial charge in [0.1, 0.15) is 0 Å². The molecule has 72 valence electrons. The fraction of sp³-hybridized carbons (Fsp3) is 0. The van der Waals surface area contributed by atoms with Gasteiger partial charge in [-0.05, 0) is 12.1 Å². The molecular weight excluding hydrogens is 219 g/mol. The Kier molecular flexibility index (Phi) is 5.32. The van der Waals surface area contributed by atoms with Crippen molar-refractivity contribution in [2.75, 3.05) is 0 Å². The molecule has 14 heavy (non-hydrogen) atoms. The number of benzene rings is 1. The van der Waals surface area contributed by atoms with E-state index in [1.807, 2.05) is 0 Å². The summed E-state index contributed by atoms with van der Waals surface area (Å²) in [5.41, 5.74) is 0.0557. The van der Waals surface area contributed by atoms with Crippen LogP contribution < -0.4 is 0 Å². The predicted molar refractivity (Wildman–Crippen MR) is 50.6 cm³/mol. The third-order valence-corrected chi connectivity index (χ3v) is 1.55. The second-order valence-corrected chi connectivity index (χ2v) is 3.19. The van der Waals surface area contributed by atoms with Crippen molar-refractivity contribution in [2.24, 2.45) is 0 Å². The van der Waals surface area contributed by atoms with Crippen molar-refractivity contribution in [3.05, 3.63) is 35.9 Å². The Balaban J connectivity index is 0.00000169. The van der Waals surface area contributed by atoms with Gasteiger partial charge in [0.25, 0.3) is 0 Å². The second-order valence-electron chi connectivity index (χ2n) is 2.16. The summed E-state index contributed by atoms with van der Waals surface area (Å²) in [6.45, 7) is 0. The van der Waals surface area contributed by atoms with Gasteiger partial charge >= 0.3 is 45.9 Å². The van der Waals surface area contributed by atoms with Crippen LogP contribution in [0.1, 0.15) is 10.4 Å². The zero-order chi connectivity index (χ0) is 9.90. The standard InChI is InChI=1S/C7H6O5S.Na.H/c8-7(12-13(9,10)11)6-4-2-1-3-5-6;;/h1-5H,(H,9,10,11);;. The molecule has 7 heteroatoms. The van der Waals surface area contributed by atoms with E-state index in [0.717, 1.165) is 0 Å². The molecule has 0 aliphatic heterocycles. The monoisotopic (exact) mass is 226 g/mol. The van der Waals surface area contributed by atoms with Gasteiger partial charge in [-0.15, -0.1) is 0 Å². The van der Waals surface area contributed by atoms with E-state index >= 15 is 0 Å². The van der Waals surface area contributed by atoms with Gasteiger partial charge in [0, 0.05) is 0 Å². The first-order valence-corrected chi connectivity index (χ1v) is 4.62. The Morgan fingerprint density at radius 3 is 2.14 bits per heavy atom. The SMILES string of the molecule is O=C(OS(=O)(=O)O)c1ccccc1.[NaH]. The molecule has 0 unspecified atom stereocenters. The van der Waals surface area contributed by atoms with E-state index < -0.39 is 16.4 Å². The van der Waals surface area contributed by atoms with Crippen molar-refractivity contribution >= 4 is 45.9 Å². The molecule has 0 saturated heterocycles. The fourth-order valence-corrected chi connectivity index (χ4v) is 1.01. The van der Waals surface area contributed by atoms with E-state index in [2.05, 4.69) is 4.18 Å². The third-order valence-electron chi connectivity index (χ3n) is 1.19. The molecule has 0 saturated carbocycles. The van der Waals surface area contributed by atoms with E-state index in [1.54, 1.807) is 18.2 Å². The van der Waals surface area contributed by atoms with Gasteiger partial charge in [-0.1, -0.05) is 18.2 Å². The third kappa shape index (κ3) is 4.73. The van der Waals surface area contributed by atoms with Crippen LogP contribution in [0.4, 0.5) is 0 Å². The molecule has 1 aromatic carbocycles. The molecule has 0 bridgehead atoms. The number of hydrogen-bond acceptors (Lipinski definition) is 4. The van der Waals surface area contributed by atoms with Gasteiger partial charge in [0.15, 0.2) is 0 Å². The molecule has 0 spiro atoms. The molecule has 1 aromatic rings. The first kappa shape index (κ1) is 13.6. The van der Waals surface area contributed by atoms with Crippen LogP contribution in [-0.2, 0) is 14.6 Å². The zero-order valence-electron chi connectivity index (χ0n) is 6.38. The first-order chi connectivity index (χ1) is 5.99. The van der Waals surface area contributed by atoms with Crippen LogP contribution >= 0.6 is 0 Å². The molecule has 0 amide bonds. The summed E-state index contributed by atoms with van der Waals surface area (Å²) < 4.78 is 32.1. The minimum absolute atomic E-state index is 0. The topological polar surface area (TPSA) is 80.7 Å². The Hall–Kier alpha value is -0.400. The van der Waals surface area contributed by atoms with Crippen molar-refractivity contribution in [1.29, 1.82) is 0 Å². The molecule has 0 atom stereocenters. The van der Waals surface area contributed by atoms with E-state index in [4.69, 9.17) is 4.55 Å². The fourth-order valence-electron chi connectivity index (χ4n) is 0.718. The summed E-state index contributed by atoms with van der Waals surface area (Å²) in [5, 5.41) is 0. The van der Waals surface area contributed by atoms with Crippen LogP contribution in [0.2, 0.25) is 0 Å². The zero-order valence-corrected chi connectivity index (χ0v) is 7.19. The van der Waals surface area contributed by atoms with Crippen LogP contribution in [-0.4, -0.2) is 48.5 Å². The Labute approximate surface area is 103 Å². The summed E-state index contributed by atoms with van der Waals surface area (Å²) >= 11 is 0. The van der Waals surface area contributed by atoms with Gasteiger partial charge < -0.3 is 4.18 Å². The molecule has 0 aromatic heterocycles. The number of carbonyl (C=O) groups excluding carboxylic acids is 1. The Bertz CT molecular complexity index is 399. The van der Waals surface area contributed by atoms with Crippen LogP contribution in [0.3, 0.4) is 0 Å². The molecular formula is C7H7NaO5S. The summed E-state index contributed by atoms with van der Waals surface area (Å²) in [7, 11) is -4.72. The van der Waals surface area contributed by atoms with Crippen LogP contribution in [0.5, 0.6) is 0 Å².